The van der Waals surface area contributed by atoms with Gasteiger partial charge in [0.2, 0.25) is 5.91 Å². The monoisotopic (exact) mass is 470 g/mol. The van der Waals surface area contributed by atoms with Gasteiger partial charge in [-0.1, -0.05) is 0 Å². The Bertz CT molecular complexity index is 918. The van der Waals surface area contributed by atoms with Crippen LogP contribution < -0.4 is 10.1 Å². The number of fused-ring (bicyclic) bond motifs is 1. The Balaban J connectivity index is 1.36. The van der Waals surface area contributed by atoms with Crippen LogP contribution in [0.2, 0.25) is 0 Å². The number of ether oxygens (including phenoxy) is 1. The van der Waals surface area contributed by atoms with Crippen molar-refractivity contribution in [1.82, 2.24) is 20.0 Å². The number of aryl methyl sites for hydroxylation is 2. The van der Waals surface area contributed by atoms with Crippen LogP contribution in [0.1, 0.15) is 61.0 Å². The fourth-order valence-corrected chi connectivity index (χ4v) is 5.45. The highest BCUT2D eigenvalue weighted by atomic mass is 16.5. The van der Waals surface area contributed by atoms with Crippen molar-refractivity contribution >= 4 is 17.7 Å². The van der Waals surface area contributed by atoms with Gasteiger partial charge in [0.05, 0.1) is 0 Å². The number of amides is 3. The average Bonchev–Trinajstić information content (AvgIpc) is 3.13. The van der Waals surface area contributed by atoms with E-state index in [4.69, 9.17) is 4.74 Å². The SMILES string of the molecule is Cc1cc(C(=O)NC2CC3CN(C(C)C)CCN3C2=O)cc(C)c1OCC(=O)N1CCCCC1. The van der Waals surface area contributed by atoms with E-state index in [2.05, 4.69) is 24.1 Å². The minimum atomic E-state index is -0.483. The van der Waals surface area contributed by atoms with Crippen molar-refractivity contribution in [1.29, 1.82) is 0 Å². The minimum Gasteiger partial charge on any atom is -0.483 e. The number of piperidine rings is 1. The van der Waals surface area contributed by atoms with Crippen molar-refractivity contribution < 1.29 is 19.1 Å². The molecule has 3 saturated heterocycles. The summed E-state index contributed by atoms with van der Waals surface area (Å²) in [6, 6.07) is 3.67. The van der Waals surface area contributed by atoms with Crippen LogP contribution in [0.3, 0.4) is 0 Å². The van der Waals surface area contributed by atoms with Crippen LogP contribution in [-0.2, 0) is 9.59 Å². The van der Waals surface area contributed by atoms with Crippen molar-refractivity contribution in [2.24, 2.45) is 0 Å². The predicted octanol–water partition coefficient (Wildman–Crippen LogP) is 2.12. The normalized spacial score (nSPS) is 23.3. The molecule has 34 heavy (non-hydrogen) atoms. The van der Waals surface area contributed by atoms with Crippen molar-refractivity contribution in [3.63, 3.8) is 0 Å². The summed E-state index contributed by atoms with van der Waals surface area (Å²) in [7, 11) is 0. The maximum Gasteiger partial charge on any atom is 0.260 e. The number of nitrogens with one attached hydrogen (secondary N) is 1. The molecule has 8 heteroatoms. The zero-order chi connectivity index (χ0) is 24.4. The summed E-state index contributed by atoms with van der Waals surface area (Å²) in [6.45, 7) is 12.2. The summed E-state index contributed by atoms with van der Waals surface area (Å²) in [5, 5.41) is 2.96. The second-order valence-electron chi connectivity index (χ2n) is 10.2. The fourth-order valence-electron chi connectivity index (χ4n) is 5.45. The number of carbonyl (C=O) groups is 3. The van der Waals surface area contributed by atoms with E-state index in [0.717, 1.165) is 50.1 Å². The fraction of sp³-hybridized carbons (Fsp3) is 0.654. The lowest BCUT2D eigenvalue weighted by Crippen LogP contribution is -2.53. The smallest absolute Gasteiger partial charge is 0.260 e. The molecule has 0 radical (unpaired) electrons. The molecule has 0 bridgehead atoms. The van der Waals surface area contributed by atoms with Crippen LogP contribution in [0.15, 0.2) is 12.1 Å². The number of piperazine rings is 1. The Morgan fingerprint density at radius 2 is 1.74 bits per heavy atom. The van der Waals surface area contributed by atoms with E-state index in [0.29, 0.717) is 30.3 Å². The quantitative estimate of drug-likeness (QED) is 0.689. The second-order valence-corrected chi connectivity index (χ2v) is 10.2. The highest BCUT2D eigenvalue weighted by Crippen LogP contribution is 2.27. The number of benzene rings is 1. The number of hydrogen-bond donors (Lipinski definition) is 1. The molecule has 3 aliphatic rings. The third-order valence-electron chi connectivity index (χ3n) is 7.41. The Kier molecular flexibility index (Phi) is 7.45. The van der Waals surface area contributed by atoms with E-state index in [1.54, 1.807) is 12.1 Å². The number of likely N-dealkylation sites (tertiary alicyclic amines) is 1. The number of nitrogens with zero attached hydrogens (tertiary/aromatic N) is 3. The summed E-state index contributed by atoms with van der Waals surface area (Å²) in [4.78, 5) is 44.5. The average molecular weight is 471 g/mol. The molecule has 1 aromatic carbocycles. The van der Waals surface area contributed by atoms with Crippen LogP contribution in [-0.4, -0.2) is 89.9 Å². The molecule has 1 aromatic rings. The third-order valence-corrected chi connectivity index (χ3v) is 7.41. The van der Waals surface area contributed by atoms with E-state index in [9.17, 15) is 14.4 Å². The van der Waals surface area contributed by atoms with Crippen molar-refractivity contribution in [3.05, 3.63) is 28.8 Å². The van der Waals surface area contributed by atoms with Crippen LogP contribution in [0, 0.1) is 13.8 Å². The van der Waals surface area contributed by atoms with Gasteiger partial charge in [-0.25, -0.2) is 0 Å². The van der Waals surface area contributed by atoms with Crippen LogP contribution >= 0.6 is 0 Å². The van der Waals surface area contributed by atoms with Crippen molar-refractivity contribution in [2.75, 3.05) is 39.3 Å². The first kappa shape index (κ1) is 24.5. The lowest BCUT2D eigenvalue weighted by Gasteiger charge is -2.39. The van der Waals surface area contributed by atoms with Gasteiger partial charge in [0, 0.05) is 50.4 Å². The molecule has 3 fully saturated rings. The van der Waals surface area contributed by atoms with Gasteiger partial charge in [0.15, 0.2) is 6.61 Å². The maximum atomic E-state index is 13.0. The first-order chi connectivity index (χ1) is 16.2. The predicted molar refractivity (Wildman–Crippen MR) is 130 cm³/mol. The van der Waals surface area contributed by atoms with Crippen molar-refractivity contribution in [2.45, 2.75) is 71.5 Å². The van der Waals surface area contributed by atoms with Gasteiger partial charge in [-0.3, -0.25) is 19.3 Å². The third kappa shape index (κ3) is 5.22. The molecular weight excluding hydrogens is 432 g/mol. The molecule has 3 amide bonds. The Morgan fingerprint density at radius 1 is 1.06 bits per heavy atom. The van der Waals surface area contributed by atoms with E-state index in [1.165, 1.54) is 6.42 Å². The molecule has 2 unspecified atom stereocenters. The van der Waals surface area contributed by atoms with Gasteiger partial charge < -0.3 is 19.9 Å². The Morgan fingerprint density at radius 3 is 2.38 bits per heavy atom. The maximum absolute atomic E-state index is 13.0. The van der Waals surface area contributed by atoms with Crippen LogP contribution in [0.25, 0.3) is 0 Å². The summed E-state index contributed by atoms with van der Waals surface area (Å²) in [5.74, 6) is 0.421. The molecule has 1 N–H and O–H groups in total. The number of carbonyl (C=O) groups excluding carboxylic acids is 3. The molecule has 0 saturated carbocycles. The highest BCUT2D eigenvalue weighted by molar-refractivity contribution is 5.98. The molecule has 4 rings (SSSR count). The zero-order valence-electron chi connectivity index (χ0n) is 20.9. The van der Waals surface area contributed by atoms with Crippen LogP contribution in [0.4, 0.5) is 0 Å². The van der Waals surface area contributed by atoms with Gasteiger partial charge in [0.25, 0.3) is 11.8 Å². The van der Waals surface area contributed by atoms with Gasteiger partial charge in [-0.15, -0.1) is 0 Å². The molecule has 3 heterocycles. The molecule has 8 nitrogen and oxygen atoms in total. The Hall–Kier alpha value is -2.61. The zero-order valence-corrected chi connectivity index (χ0v) is 20.9. The van der Waals surface area contributed by atoms with Crippen molar-refractivity contribution in [3.8, 4) is 5.75 Å². The first-order valence-corrected chi connectivity index (χ1v) is 12.6. The molecule has 0 aliphatic carbocycles. The highest BCUT2D eigenvalue weighted by Gasteiger charge is 2.43. The summed E-state index contributed by atoms with van der Waals surface area (Å²) < 4.78 is 5.87. The topological polar surface area (TPSA) is 82.2 Å². The largest absolute Gasteiger partial charge is 0.483 e. The molecule has 0 spiro atoms. The van der Waals surface area contributed by atoms with E-state index >= 15 is 0 Å². The molecule has 186 valence electrons. The van der Waals surface area contributed by atoms with Gasteiger partial charge in [-0.2, -0.15) is 0 Å². The van der Waals surface area contributed by atoms with Crippen LogP contribution in [0.5, 0.6) is 5.75 Å². The van der Waals surface area contributed by atoms with Gasteiger partial charge in [-0.05, 0) is 76.6 Å². The molecule has 3 aliphatic heterocycles. The molecular formula is C26H38N4O4. The van der Waals surface area contributed by atoms with E-state index in [-0.39, 0.29) is 30.4 Å². The lowest BCUT2D eigenvalue weighted by molar-refractivity contribution is -0.134. The second kappa shape index (κ2) is 10.3. The molecule has 0 aromatic heterocycles. The van der Waals surface area contributed by atoms with Gasteiger partial charge >= 0.3 is 0 Å². The molecule has 2 atom stereocenters. The number of hydrogen-bond acceptors (Lipinski definition) is 5. The minimum absolute atomic E-state index is 0.00700. The summed E-state index contributed by atoms with van der Waals surface area (Å²) in [6.07, 6.45) is 3.91. The van der Waals surface area contributed by atoms with Gasteiger partial charge in [0.1, 0.15) is 11.8 Å². The van der Waals surface area contributed by atoms with E-state index < -0.39 is 6.04 Å². The standard InChI is InChI=1S/C26H38N4O4/c1-17(2)29-10-11-30-21(15-29)14-22(26(30)33)27-25(32)20-12-18(3)24(19(4)13-20)34-16-23(31)28-8-6-5-7-9-28/h12-13,17,21-22H,5-11,14-16H2,1-4H3,(H,27,32). The first-order valence-electron chi connectivity index (χ1n) is 12.6. The van der Waals surface area contributed by atoms with E-state index in [1.807, 2.05) is 23.6 Å². The number of rotatable bonds is 6. The Labute approximate surface area is 202 Å². The summed E-state index contributed by atoms with van der Waals surface area (Å²) >= 11 is 0. The summed E-state index contributed by atoms with van der Waals surface area (Å²) in [5.41, 5.74) is 2.12. The lowest BCUT2D eigenvalue weighted by atomic mass is 10.0.